The largest absolute Gasteiger partial charge is 0.465 e. The molecule has 1 spiro atoms. The lowest BCUT2D eigenvalue weighted by Crippen LogP contribution is -2.56. The molecule has 0 radical (unpaired) electrons. The predicted octanol–water partition coefficient (Wildman–Crippen LogP) is 2.15. The average Bonchev–Trinajstić information content (AvgIpc) is 3.20. The Hall–Kier alpha value is -1.80. The summed E-state index contributed by atoms with van der Waals surface area (Å²) in [4.78, 5) is 44.2. The van der Waals surface area contributed by atoms with Crippen molar-refractivity contribution in [3.63, 3.8) is 0 Å². The molecule has 2 saturated heterocycles. The van der Waals surface area contributed by atoms with Crippen molar-refractivity contribution in [3.8, 4) is 0 Å². The number of rotatable bonds is 6. The third-order valence-electron chi connectivity index (χ3n) is 7.14. The molecule has 0 aromatic heterocycles. The Bertz CT molecular complexity index is 814. The number of aliphatic hydroxyl groups excluding tert-OH is 1. The van der Waals surface area contributed by atoms with Gasteiger partial charge in [-0.2, -0.15) is 0 Å². The number of thioether (sulfide) groups is 1. The summed E-state index contributed by atoms with van der Waals surface area (Å²) in [6, 6.07) is -1.24. The third kappa shape index (κ3) is 3.79. The Morgan fingerprint density at radius 2 is 2.06 bits per heavy atom. The highest BCUT2D eigenvalue weighted by Gasteiger charge is 2.71. The number of cyclic esters (lactones) is 1. The SMILES string of the molecule is CCCCCN1CC=C[C@]23S[C@@H]4/C=C\CCCOC(=O)[C@@H]4[C@H]2C(=O)N([C@H](C)CO)C3C1=O. The van der Waals surface area contributed by atoms with Crippen LogP contribution in [0.4, 0.5) is 0 Å². The molecule has 0 bridgehead atoms. The van der Waals surface area contributed by atoms with E-state index in [4.69, 9.17) is 4.74 Å². The fourth-order valence-electron chi connectivity index (χ4n) is 5.56. The van der Waals surface area contributed by atoms with Crippen molar-refractivity contribution in [2.24, 2.45) is 11.8 Å². The van der Waals surface area contributed by atoms with Gasteiger partial charge in [0, 0.05) is 18.3 Å². The van der Waals surface area contributed by atoms with Gasteiger partial charge in [-0.15, -0.1) is 11.8 Å². The first-order chi connectivity index (χ1) is 15.5. The van der Waals surface area contributed by atoms with Gasteiger partial charge in [0.2, 0.25) is 11.8 Å². The van der Waals surface area contributed by atoms with E-state index < -0.39 is 28.7 Å². The van der Waals surface area contributed by atoms with Crippen LogP contribution >= 0.6 is 11.8 Å². The van der Waals surface area contributed by atoms with Crippen molar-refractivity contribution in [2.45, 2.75) is 68.0 Å². The Morgan fingerprint density at radius 3 is 2.81 bits per heavy atom. The normalized spacial score (nSPS) is 36.4. The van der Waals surface area contributed by atoms with Crippen LogP contribution in [-0.2, 0) is 19.1 Å². The molecule has 176 valence electrons. The van der Waals surface area contributed by atoms with Crippen molar-refractivity contribution in [1.29, 1.82) is 0 Å². The van der Waals surface area contributed by atoms with E-state index in [0.29, 0.717) is 19.7 Å². The number of amides is 2. The van der Waals surface area contributed by atoms with E-state index in [1.807, 2.05) is 23.1 Å². The molecule has 0 aromatic rings. The first kappa shape index (κ1) is 23.4. The Balaban J connectivity index is 1.77. The van der Waals surface area contributed by atoms with Gasteiger partial charge in [-0.05, 0) is 26.2 Å². The van der Waals surface area contributed by atoms with Gasteiger partial charge in [0.05, 0.1) is 35.8 Å². The van der Waals surface area contributed by atoms with Gasteiger partial charge < -0.3 is 19.6 Å². The molecule has 0 aromatic carbocycles. The lowest BCUT2D eigenvalue weighted by Gasteiger charge is -2.37. The van der Waals surface area contributed by atoms with Gasteiger partial charge in [0.15, 0.2) is 0 Å². The van der Waals surface area contributed by atoms with Crippen LogP contribution in [0.5, 0.6) is 0 Å². The smallest absolute Gasteiger partial charge is 0.311 e. The van der Waals surface area contributed by atoms with E-state index in [9.17, 15) is 19.5 Å². The van der Waals surface area contributed by atoms with Crippen LogP contribution in [0.15, 0.2) is 24.3 Å². The summed E-state index contributed by atoms with van der Waals surface area (Å²) < 4.78 is 4.71. The van der Waals surface area contributed by atoms with Gasteiger partial charge in [-0.1, -0.05) is 44.1 Å². The summed E-state index contributed by atoms with van der Waals surface area (Å²) in [6.45, 7) is 5.13. The maximum atomic E-state index is 13.9. The molecule has 8 heteroatoms. The van der Waals surface area contributed by atoms with Gasteiger partial charge in [-0.25, -0.2) is 0 Å². The number of esters is 1. The quantitative estimate of drug-likeness (QED) is 0.370. The van der Waals surface area contributed by atoms with Crippen molar-refractivity contribution in [1.82, 2.24) is 9.80 Å². The summed E-state index contributed by atoms with van der Waals surface area (Å²) in [5.74, 6) is -1.98. The second kappa shape index (κ2) is 9.59. The Morgan fingerprint density at radius 1 is 1.25 bits per heavy atom. The Labute approximate surface area is 194 Å². The number of unbranched alkanes of at least 4 members (excludes halogenated alkanes) is 2. The molecule has 4 heterocycles. The van der Waals surface area contributed by atoms with Crippen LogP contribution in [-0.4, -0.2) is 81.1 Å². The van der Waals surface area contributed by atoms with E-state index >= 15 is 0 Å². The number of hydrogen-bond acceptors (Lipinski definition) is 6. The molecular weight excluding hydrogens is 428 g/mol. The molecule has 6 atom stereocenters. The lowest BCUT2D eigenvalue weighted by atomic mass is 9.78. The highest BCUT2D eigenvalue weighted by atomic mass is 32.2. The molecular formula is C24H34N2O5S. The van der Waals surface area contributed by atoms with Crippen LogP contribution < -0.4 is 0 Å². The van der Waals surface area contributed by atoms with Crippen molar-refractivity contribution in [2.75, 3.05) is 26.3 Å². The highest BCUT2D eigenvalue weighted by molar-refractivity contribution is 8.02. The van der Waals surface area contributed by atoms with E-state index in [2.05, 4.69) is 13.0 Å². The number of fused-ring (bicyclic) bond motifs is 2. The lowest BCUT2D eigenvalue weighted by molar-refractivity contribution is -0.153. The summed E-state index contributed by atoms with van der Waals surface area (Å²) in [7, 11) is 0. The van der Waals surface area contributed by atoms with Crippen LogP contribution in [0.2, 0.25) is 0 Å². The minimum absolute atomic E-state index is 0.0846. The zero-order chi connectivity index (χ0) is 22.9. The number of carbonyl (C=O) groups is 3. The average molecular weight is 463 g/mol. The molecule has 1 unspecified atom stereocenters. The second-order valence-corrected chi connectivity index (χ2v) is 10.7. The molecule has 1 N–H and O–H groups in total. The fraction of sp³-hybridized carbons (Fsp3) is 0.708. The molecule has 7 nitrogen and oxygen atoms in total. The number of ether oxygens (including phenoxy) is 1. The number of likely N-dealkylation sites (tertiary alicyclic amines) is 1. The summed E-state index contributed by atoms with van der Waals surface area (Å²) in [6.07, 6.45) is 12.7. The maximum Gasteiger partial charge on any atom is 0.311 e. The first-order valence-electron chi connectivity index (χ1n) is 11.9. The first-order valence-corrected chi connectivity index (χ1v) is 12.7. The van der Waals surface area contributed by atoms with Crippen molar-refractivity contribution in [3.05, 3.63) is 24.3 Å². The molecule has 32 heavy (non-hydrogen) atoms. The van der Waals surface area contributed by atoms with Gasteiger partial charge in [0.25, 0.3) is 0 Å². The Kier molecular flexibility index (Phi) is 7.00. The number of aliphatic hydroxyl groups is 1. The van der Waals surface area contributed by atoms with Crippen molar-refractivity contribution >= 4 is 29.5 Å². The standard InChI is InChI=1S/C24H34N2O5S/c1-3-4-7-12-25-13-9-11-24-19(21(28)26(16(2)15-27)20(24)22(25)29)18-17(32-24)10-6-5-8-14-31-23(18)30/h6,9-11,16-20,27H,3-5,7-8,12-15H2,1-2H3/b10-6-/t16-,17-,18+,19+,20?,24+/m1/s1. The van der Waals surface area contributed by atoms with Crippen LogP contribution in [0.1, 0.15) is 46.0 Å². The van der Waals surface area contributed by atoms with Crippen LogP contribution in [0, 0.1) is 11.8 Å². The predicted molar refractivity (Wildman–Crippen MR) is 123 cm³/mol. The summed E-state index contributed by atoms with van der Waals surface area (Å²) in [5, 5.41) is 9.70. The number of hydrogen-bond donors (Lipinski definition) is 1. The van der Waals surface area contributed by atoms with Crippen LogP contribution in [0.25, 0.3) is 0 Å². The van der Waals surface area contributed by atoms with Crippen LogP contribution in [0.3, 0.4) is 0 Å². The molecule has 2 fully saturated rings. The zero-order valence-corrected chi connectivity index (χ0v) is 19.8. The van der Waals surface area contributed by atoms with E-state index in [0.717, 1.165) is 32.1 Å². The molecule has 0 saturated carbocycles. The maximum absolute atomic E-state index is 13.9. The number of allylic oxidation sites excluding steroid dienone is 1. The third-order valence-corrected chi connectivity index (χ3v) is 8.89. The van der Waals surface area contributed by atoms with E-state index in [-0.39, 0.29) is 29.6 Å². The van der Waals surface area contributed by atoms with Gasteiger partial charge in [-0.3, -0.25) is 14.4 Å². The molecule has 4 aliphatic rings. The van der Waals surface area contributed by atoms with Gasteiger partial charge in [0.1, 0.15) is 6.04 Å². The van der Waals surface area contributed by atoms with Gasteiger partial charge >= 0.3 is 5.97 Å². The number of carbonyl (C=O) groups excluding carboxylic acids is 3. The molecule has 4 aliphatic heterocycles. The van der Waals surface area contributed by atoms with E-state index in [1.165, 1.54) is 0 Å². The minimum Gasteiger partial charge on any atom is -0.465 e. The second-order valence-electron chi connectivity index (χ2n) is 9.25. The molecule has 2 amide bonds. The topological polar surface area (TPSA) is 87.2 Å². The number of nitrogens with zero attached hydrogens (tertiary/aromatic N) is 2. The van der Waals surface area contributed by atoms with Crippen molar-refractivity contribution < 1.29 is 24.2 Å². The summed E-state index contributed by atoms with van der Waals surface area (Å²) in [5.41, 5.74) is 0. The monoisotopic (exact) mass is 462 g/mol. The minimum atomic E-state index is -0.838. The fourth-order valence-corrected chi connectivity index (χ4v) is 7.54. The zero-order valence-electron chi connectivity index (χ0n) is 18.9. The molecule has 0 aliphatic carbocycles. The van der Waals surface area contributed by atoms with E-state index in [1.54, 1.807) is 23.6 Å². The summed E-state index contributed by atoms with van der Waals surface area (Å²) >= 11 is 1.55. The molecule has 4 rings (SSSR count). The highest BCUT2D eigenvalue weighted by Crippen LogP contribution is 2.61.